The first-order chi connectivity index (χ1) is 21.2. The molecule has 0 heterocycles. The number of ether oxygens (including phenoxy) is 2. The molecule has 0 radical (unpaired) electrons. The highest BCUT2D eigenvalue weighted by atomic mass is 35.5. The van der Waals surface area contributed by atoms with E-state index in [1.54, 1.807) is 54.6 Å². The number of methoxy groups -OCH3 is 2. The quantitative estimate of drug-likeness (QED) is 0.223. The number of amides is 2. The van der Waals surface area contributed by atoms with Crippen molar-refractivity contribution in [2.24, 2.45) is 0 Å². The van der Waals surface area contributed by atoms with Gasteiger partial charge in [0, 0.05) is 31.1 Å². The predicted octanol–water partition coefficient (Wildman–Crippen LogP) is 4.94. The standard InChI is InChI=1S/C33H34ClN3O6S/c1-35-33(39)30(20-24-11-6-4-7-12-24)36(22-25-13-10-14-26(34)19-25)32(38)23-37(44(40,41)28-15-8-5-9-16-28)29-21-27(42-2)17-18-31(29)43-3/h4-19,21,30H,20,22-23H2,1-3H3,(H,35,39)/t30-/m0/s1. The van der Waals surface area contributed by atoms with Crippen LogP contribution in [-0.4, -0.2) is 59.0 Å². The molecule has 44 heavy (non-hydrogen) atoms. The van der Waals surface area contributed by atoms with Gasteiger partial charge in [0.15, 0.2) is 0 Å². The van der Waals surface area contributed by atoms with Gasteiger partial charge >= 0.3 is 0 Å². The van der Waals surface area contributed by atoms with Crippen LogP contribution in [-0.2, 0) is 32.6 Å². The van der Waals surface area contributed by atoms with Crippen molar-refractivity contribution in [1.29, 1.82) is 0 Å². The lowest BCUT2D eigenvalue weighted by molar-refractivity contribution is -0.139. The van der Waals surface area contributed by atoms with Crippen LogP contribution in [0.25, 0.3) is 0 Å². The summed E-state index contributed by atoms with van der Waals surface area (Å²) in [5, 5.41) is 3.13. The summed E-state index contributed by atoms with van der Waals surface area (Å²) in [6.45, 7) is -0.637. The number of hydrogen-bond acceptors (Lipinski definition) is 6. The van der Waals surface area contributed by atoms with E-state index >= 15 is 0 Å². The fourth-order valence-electron chi connectivity index (χ4n) is 4.78. The van der Waals surface area contributed by atoms with Crippen LogP contribution in [0.15, 0.2) is 108 Å². The zero-order chi connectivity index (χ0) is 31.7. The number of carbonyl (C=O) groups excluding carboxylic acids is 2. The van der Waals surface area contributed by atoms with Gasteiger partial charge in [0.2, 0.25) is 11.8 Å². The Morgan fingerprint density at radius 1 is 0.841 bits per heavy atom. The van der Waals surface area contributed by atoms with Gasteiger partial charge in [0.1, 0.15) is 24.1 Å². The van der Waals surface area contributed by atoms with Crippen LogP contribution in [0.2, 0.25) is 5.02 Å². The highest BCUT2D eigenvalue weighted by Crippen LogP contribution is 2.36. The number of halogens is 1. The molecule has 0 saturated heterocycles. The van der Waals surface area contributed by atoms with Crippen molar-refractivity contribution in [3.63, 3.8) is 0 Å². The molecule has 230 valence electrons. The predicted molar refractivity (Wildman–Crippen MR) is 171 cm³/mol. The van der Waals surface area contributed by atoms with Gasteiger partial charge in [0.25, 0.3) is 10.0 Å². The fourth-order valence-corrected chi connectivity index (χ4v) is 6.43. The molecule has 0 aromatic heterocycles. The summed E-state index contributed by atoms with van der Waals surface area (Å²) in [7, 11) is 0.0595. The Balaban J connectivity index is 1.84. The Morgan fingerprint density at radius 2 is 1.50 bits per heavy atom. The Labute approximate surface area is 263 Å². The summed E-state index contributed by atoms with van der Waals surface area (Å²) >= 11 is 6.27. The van der Waals surface area contributed by atoms with E-state index in [1.165, 1.54) is 44.4 Å². The topological polar surface area (TPSA) is 105 Å². The maximum atomic E-state index is 14.4. The molecule has 0 aliphatic carbocycles. The zero-order valence-electron chi connectivity index (χ0n) is 24.6. The summed E-state index contributed by atoms with van der Waals surface area (Å²) in [6.07, 6.45) is 0.195. The van der Waals surface area contributed by atoms with Crippen LogP contribution in [0, 0.1) is 0 Å². The van der Waals surface area contributed by atoms with Gasteiger partial charge in [-0.1, -0.05) is 72.3 Å². The Hall–Kier alpha value is -4.54. The van der Waals surface area contributed by atoms with Crippen LogP contribution in [0.4, 0.5) is 5.69 Å². The summed E-state index contributed by atoms with van der Waals surface area (Å²) in [5.41, 5.74) is 1.60. The molecule has 4 rings (SSSR count). The molecular weight excluding hydrogens is 602 g/mol. The molecule has 0 unspecified atom stereocenters. The van der Waals surface area contributed by atoms with Gasteiger partial charge in [-0.05, 0) is 47.5 Å². The first-order valence-corrected chi connectivity index (χ1v) is 15.6. The molecule has 2 amide bonds. The van der Waals surface area contributed by atoms with E-state index in [1.807, 2.05) is 30.3 Å². The average molecular weight is 636 g/mol. The van der Waals surface area contributed by atoms with E-state index < -0.39 is 34.4 Å². The summed E-state index contributed by atoms with van der Waals surface area (Å²) in [5.74, 6) is -0.434. The molecule has 4 aromatic rings. The average Bonchev–Trinajstić information content (AvgIpc) is 3.05. The number of likely N-dealkylation sites (N-methyl/N-ethyl adjacent to an activating group) is 1. The largest absolute Gasteiger partial charge is 0.497 e. The highest BCUT2D eigenvalue weighted by Gasteiger charge is 2.35. The van der Waals surface area contributed by atoms with Gasteiger partial charge in [-0.3, -0.25) is 13.9 Å². The highest BCUT2D eigenvalue weighted by molar-refractivity contribution is 7.92. The minimum Gasteiger partial charge on any atom is -0.497 e. The zero-order valence-corrected chi connectivity index (χ0v) is 26.2. The van der Waals surface area contributed by atoms with Gasteiger partial charge in [-0.2, -0.15) is 0 Å². The van der Waals surface area contributed by atoms with E-state index in [0.717, 1.165) is 9.87 Å². The molecule has 4 aromatic carbocycles. The monoisotopic (exact) mass is 635 g/mol. The van der Waals surface area contributed by atoms with E-state index in [0.29, 0.717) is 16.3 Å². The number of nitrogens with zero attached hydrogens (tertiary/aromatic N) is 2. The molecular formula is C33H34ClN3O6S. The first kappa shape index (κ1) is 32.4. The second-order valence-corrected chi connectivity index (χ2v) is 12.1. The summed E-state index contributed by atoms with van der Waals surface area (Å²) in [4.78, 5) is 29.2. The van der Waals surface area contributed by atoms with Crippen LogP contribution in [0.3, 0.4) is 0 Å². The Morgan fingerprint density at radius 3 is 2.11 bits per heavy atom. The molecule has 1 atom stereocenters. The smallest absolute Gasteiger partial charge is 0.264 e. The SMILES string of the molecule is CNC(=O)[C@H](Cc1ccccc1)N(Cc1cccc(Cl)c1)C(=O)CN(c1cc(OC)ccc1OC)S(=O)(=O)c1ccccc1. The normalized spacial score (nSPS) is 11.7. The van der Waals surface area contributed by atoms with Crippen molar-refractivity contribution < 1.29 is 27.5 Å². The van der Waals surface area contributed by atoms with Crippen LogP contribution in [0.5, 0.6) is 11.5 Å². The van der Waals surface area contributed by atoms with Crippen molar-refractivity contribution in [3.8, 4) is 11.5 Å². The molecule has 1 N–H and O–H groups in total. The second kappa shape index (κ2) is 14.8. The lowest BCUT2D eigenvalue weighted by atomic mass is 10.0. The van der Waals surface area contributed by atoms with Crippen molar-refractivity contribution >= 4 is 39.1 Å². The molecule has 11 heteroatoms. The van der Waals surface area contributed by atoms with Crippen LogP contribution < -0.4 is 19.1 Å². The minimum atomic E-state index is -4.30. The van der Waals surface area contributed by atoms with Crippen molar-refractivity contribution in [2.75, 3.05) is 32.1 Å². The molecule has 0 bridgehead atoms. The number of sulfonamides is 1. The van der Waals surface area contributed by atoms with Gasteiger partial charge in [-0.25, -0.2) is 8.42 Å². The summed E-state index contributed by atoms with van der Waals surface area (Å²) in [6, 6.07) is 27.8. The van der Waals surface area contributed by atoms with E-state index in [2.05, 4.69) is 5.32 Å². The number of benzene rings is 4. The minimum absolute atomic E-state index is 0.00121. The lowest BCUT2D eigenvalue weighted by Gasteiger charge is -2.34. The molecule has 0 aliphatic heterocycles. The van der Waals surface area contributed by atoms with Gasteiger partial charge < -0.3 is 19.7 Å². The third kappa shape index (κ3) is 7.69. The lowest BCUT2D eigenvalue weighted by Crippen LogP contribution is -2.53. The van der Waals surface area contributed by atoms with Gasteiger partial charge in [-0.15, -0.1) is 0 Å². The van der Waals surface area contributed by atoms with E-state index in [4.69, 9.17) is 21.1 Å². The number of carbonyl (C=O) groups is 2. The number of rotatable bonds is 13. The Bertz CT molecular complexity index is 1690. The van der Waals surface area contributed by atoms with E-state index in [-0.39, 0.29) is 29.3 Å². The second-order valence-electron chi connectivity index (χ2n) is 9.83. The molecule has 0 spiro atoms. The maximum absolute atomic E-state index is 14.4. The summed E-state index contributed by atoms with van der Waals surface area (Å²) < 4.78 is 40.2. The van der Waals surface area contributed by atoms with Crippen LogP contribution in [0.1, 0.15) is 11.1 Å². The molecule has 0 fully saturated rings. The molecule has 0 saturated carbocycles. The third-order valence-corrected chi connectivity index (χ3v) is 9.03. The fraction of sp³-hybridized carbons (Fsp3) is 0.212. The Kier molecular flexibility index (Phi) is 10.9. The number of hydrogen-bond donors (Lipinski definition) is 1. The maximum Gasteiger partial charge on any atom is 0.264 e. The van der Waals surface area contributed by atoms with Gasteiger partial charge in [0.05, 0.1) is 24.8 Å². The van der Waals surface area contributed by atoms with Crippen molar-refractivity contribution in [1.82, 2.24) is 10.2 Å². The molecule has 0 aliphatic rings. The number of nitrogens with one attached hydrogen (secondary N) is 1. The molecule has 9 nitrogen and oxygen atoms in total. The third-order valence-electron chi connectivity index (χ3n) is 7.02. The van der Waals surface area contributed by atoms with Crippen LogP contribution >= 0.6 is 11.6 Å². The van der Waals surface area contributed by atoms with Crippen molar-refractivity contribution in [2.45, 2.75) is 23.9 Å². The van der Waals surface area contributed by atoms with Crippen molar-refractivity contribution in [3.05, 3.63) is 119 Å². The van der Waals surface area contributed by atoms with E-state index in [9.17, 15) is 18.0 Å². The first-order valence-electron chi connectivity index (χ1n) is 13.8. The number of anilines is 1.